The molecule has 8 nitrogen and oxygen atoms in total. The van der Waals surface area contributed by atoms with Gasteiger partial charge in [-0.2, -0.15) is 0 Å². The molecule has 1 fully saturated rings. The van der Waals surface area contributed by atoms with E-state index in [4.69, 9.17) is 11.5 Å². The van der Waals surface area contributed by atoms with Crippen molar-refractivity contribution in [2.75, 3.05) is 23.7 Å². The van der Waals surface area contributed by atoms with Gasteiger partial charge in [0, 0.05) is 56.1 Å². The Morgan fingerprint density at radius 3 is 2.72 bits per heavy atom. The number of nitrogens with zero attached hydrogens (tertiary/aromatic N) is 4. The molecule has 1 atom stereocenters. The monoisotopic (exact) mass is 430 g/mol. The molecular weight excluding hydrogens is 404 g/mol. The van der Waals surface area contributed by atoms with Crippen LogP contribution in [0.2, 0.25) is 0 Å². The van der Waals surface area contributed by atoms with E-state index in [0.717, 1.165) is 37.2 Å². The molecule has 0 amide bonds. The number of nitrogen functional groups attached to an aromatic ring is 1. The summed E-state index contributed by atoms with van der Waals surface area (Å²) < 4.78 is 0. The maximum atomic E-state index is 13.2. The highest BCUT2D eigenvalue weighted by Gasteiger charge is 2.22. The van der Waals surface area contributed by atoms with Crippen LogP contribution < -0.4 is 16.4 Å². The molecule has 8 heteroatoms. The molecule has 1 saturated heterocycles. The van der Waals surface area contributed by atoms with E-state index in [2.05, 4.69) is 19.9 Å². The van der Waals surface area contributed by atoms with Crippen LogP contribution in [0.25, 0.3) is 11.4 Å². The molecule has 0 saturated carbocycles. The fourth-order valence-corrected chi connectivity index (χ4v) is 3.96. The molecule has 164 valence electrons. The molecule has 4 rings (SSSR count). The van der Waals surface area contributed by atoms with Gasteiger partial charge < -0.3 is 16.4 Å². The Bertz CT molecular complexity index is 1160. The number of piperidine rings is 1. The Balaban J connectivity index is 1.62. The third-order valence-corrected chi connectivity index (χ3v) is 5.59. The predicted octanol–water partition coefficient (Wildman–Crippen LogP) is 2.68. The molecule has 0 bridgehead atoms. The van der Waals surface area contributed by atoms with E-state index in [1.807, 2.05) is 6.07 Å². The van der Waals surface area contributed by atoms with Gasteiger partial charge in [-0.3, -0.25) is 14.6 Å². The Kier molecular flexibility index (Phi) is 6.23. The van der Waals surface area contributed by atoms with E-state index in [1.54, 1.807) is 42.7 Å². The van der Waals surface area contributed by atoms with Gasteiger partial charge in [0.25, 0.3) is 0 Å². The summed E-state index contributed by atoms with van der Waals surface area (Å²) in [6.07, 6.45) is 5.58. The lowest BCUT2D eigenvalue weighted by atomic mass is 10.0. The van der Waals surface area contributed by atoms with E-state index in [-0.39, 0.29) is 29.7 Å². The maximum Gasteiger partial charge on any atom is 0.187 e. The molecule has 3 aromatic rings. The first-order chi connectivity index (χ1) is 15.4. The standard InChI is InChI=1S/C24H26N6O2/c1-15(31)19-5-2-6-20(28-19)21-8-7-18(26)24(29-21)23(32)12-16-13-27-10-9-22(16)30-11-3-4-17(25)14-30/h2,5-10,13,17H,3-4,11-12,14,25-26H2,1H3/t17-/m0/s1. The van der Waals surface area contributed by atoms with Gasteiger partial charge in [0.2, 0.25) is 0 Å². The van der Waals surface area contributed by atoms with Gasteiger partial charge in [-0.1, -0.05) is 6.07 Å². The van der Waals surface area contributed by atoms with Crippen LogP contribution >= 0.6 is 0 Å². The van der Waals surface area contributed by atoms with E-state index in [1.165, 1.54) is 6.92 Å². The quantitative estimate of drug-likeness (QED) is 0.571. The first kappa shape index (κ1) is 21.6. The van der Waals surface area contributed by atoms with Crippen molar-refractivity contribution in [2.24, 2.45) is 5.73 Å². The molecule has 1 aliphatic rings. The molecule has 0 radical (unpaired) electrons. The van der Waals surface area contributed by atoms with Crippen LogP contribution in [0.15, 0.2) is 48.8 Å². The van der Waals surface area contributed by atoms with Crippen LogP contribution in [0.3, 0.4) is 0 Å². The third-order valence-electron chi connectivity index (χ3n) is 5.59. The average Bonchev–Trinajstić information content (AvgIpc) is 2.79. The SMILES string of the molecule is CC(=O)c1cccc(-c2ccc(N)c(C(=O)Cc3cnccc3N3CCC[C@H](N)C3)n2)n1. The van der Waals surface area contributed by atoms with Crippen molar-refractivity contribution < 1.29 is 9.59 Å². The number of carbonyl (C=O) groups is 2. The highest BCUT2D eigenvalue weighted by Crippen LogP contribution is 2.26. The number of ketones is 2. The average molecular weight is 431 g/mol. The molecule has 1 aliphatic heterocycles. The molecule has 0 aliphatic carbocycles. The summed E-state index contributed by atoms with van der Waals surface area (Å²) in [5.41, 5.74) is 15.8. The second-order valence-corrected chi connectivity index (χ2v) is 8.05. The number of Topliss-reactive ketones (excluding diaryl/α,β-unsaturated/α-hetero) is 2. The summed E-state index contributed by atoms with van der Waals surface area (Å²) in [6, 6.07) is 10.5. The molecule has 0 unspecified atom stereocenters. The molecule has 3 aromatic heterocycles. The van der Waals surface area contributed by atoms with Crippen molar-refractivity contribution in [1.82, 2.24) is 15.0 Å². The van der Waals surface area contributed by atoms with Gasteiger partial charge in [0.05, 0.1) is 17.1 Å². The molecule has 4 N–H and O–H groups in total. The molecular formula is C24H26N6O2. The topological polar surface area (TPSA) is 128 Å². The molecule has 32 heavy (non-hydrogen) atoms. The first-order valence-corrected chi connectivity index (χ1v) is 10.6. The number of pyridine rings is 3. The summed E-state index contributed by atoms with van der Waals surface area (Å²) in [6.45, 7) is 3.10. The Morgan fingerprint density at radius 1 is 1.12 bits per heavy atom. The Hall–Kier alpha value is -3.65. The number of hydrogen-bond donors (Lipinski definition) is 2. The normalized spacial score (nSPS) is 16.1. The second-order valence-electron chi connectivity index (χ2n) is 8.05. The minimum atomic E-state index is -0.206. The maximum absolute atomic E-state index is 13.2. The fraction of sp³-hybridized carbons (Fsp3) is 0.292. The Labute approximate surface area is 186 Å². The lowest BCUT2D eigenvalue weighted by Gasteiger charge is -2.33. The summed E-state index contributed by atoms with van der Waals surface area (Å²) in [5, 5.41) is 0. The van der Waals surface area contributed by atoms with Crippen molar-refractivity contribution in [2.45, 2.75) is 32.2 Å². The number of nitrogens with two attached hydrogens (primary N) is 2. The van der Waals surface area contributed by atoms with Gasteiger partial charge in [0.1, 0.15) is 11.4 Å². The van der Waals surface area contributed by atoms with Gasteiger partial charge in [0.15, 0.2) is 11.6 Å². The van der Waals surface area contributed by atoms with Crippen molar-refractivity contribution >= 4 is 22.9 Å². The minimum Gasteiger partial charge on any atom is -0.397 e. The third kappa shape index (κ3) is 4.65. The lowest BCUT2D eigenvalue weighted by Crippen LogP contribution is -2.43. The summed E-state index contributed by atoms with van der Waals surface area (Å²) >= 11 is 0. The van der Waals surface area contributed by atoms with Crippen LogP contribution in [-0.4, -0.2) is 45.6 Å². The van der Waals surface area contributed by atoms with Crippen LogP contribution in [0.4, 0.5) is 11.4 Å². The lowest BCUT2D eigenvalue weighted by molar-refractivity contribution is 0.0986. The van der Waals surface area contributed by atoms with Crippen LogP contribution in [0.5, 0.6) is 0 Å². The van der Waals surface area contributed by atoms with Gasteiger partial charge >= 0.3 is 0 Å². The zero-order chi connectivity index (χ0) is 22.7. The first-order valence-electron chi connectivity index (χ1n) is 10.6. The molecule has 0 spiro atoms. The van der Waals surface area contributed by atoms with Crippen molar-refractivity contribution in [1.29, 1.82) is 0 Å². The largest absolute Gasteiger partial charge is 0.397 e. The van der Waals surface area contributed by atoms with E-state index < -0.39 is 0 Å². The number of anilines is 2. The second kappa shape index (κ2) is 9.23. The van der Waals surface area contributed by atoms with E-state index in [9.17, 15) is 9.59 Å². The van der Waals surface area contributed by atoms with Crippen molar-refractivity contribution in [3.8, 4) is 11.4 Å². The van der Waals surface area contributed by atoms with E-state index in [0.29, 0.717) is 22.8 Å². The predicted molar refractivity (Wildman–Crippen MR) is 124 cm³/mol. The summed E-state index contributed by atoms with van der Waals surface area (Å²) in [5.74, 6) is -0.345. The number of aromatic nitrogens is 3. The molecule has 4 heterocycles. The zero-order valence-corrected chi connectivity index (χ0v) is 18.0. The van der Waals surface area contributed by atoms with Crippen LogP contribution in [0.1, 0.15) is 46.3 Å². The minimum absolute atomic E-state index is 0.118. The van der Waals surface area contributed by atoms with Gasteiger partial charge in [-0.15, -0.1) is 0 Å². The van der Waals surface area contributed by atoms with Crippen LogP contribution in [0, 0.1) is 0 Å². The van der Waals surface area contributed by atoms with Crippen LogP contribution in [-0.2, 0) is 6.42 Å². The zero-order valence-electron chi connectivity index (χ0n) is 18.0. The van der Waals surface area contributed by atoms with E-state index >= 15 is 0 Å². The molecule has 0 aromatic carbocycles. The number of carbonyl (C=O) groups excluding carboxylic acids is 2. The smallest absolute Gasteiger partial charge is 0.187 e. The van der Waals surface area contributed by atoms with Gasteiger partial charge in [-0.25, -0.2) is 9.97 Å². The highest BCUT2D eigenvalue weighted by molar-refractivity contribution is 6.01. The fourth-order valence-electron chi connectivity index (χ4n) is 3.96. The summed E-state index contributed by atoms with van der Waals surface area (Å²) in [4.78, 5) is 40.1. The van der Waals surface area contributed by atoms with Gasteiger partial charge in [-0.05, 0) is 43.2 Å². The highest BCUT2D eigenvalue weighted by atomic mass is 16.1. The number of rotatable bonds is 6. The summed E-state index contributed by atoms with van der Waals surface area (Å²) in [7, 11) is 0. The van der Waals surface area contributed by atoms with Crippen molar-refractivity contribution in [3.05, 3.63) is 65.7 Å². The van der Waals surface area contributed by atoms with Crippen molar-refractivity contribution in [3.63, 3.8) is 0 Å². The number of hydrogen-bond acceptors (Lipinski definition) is 8. The Morgan fingerprint density at radius 2 is 1.94 bits per heavy atom.